The van der Waals surface area contributed by atoms with Crippen LogP contribution in [0.4, 0.5) is 17.5 Å². The lowest BCUT2D eigenvalue weighted by atomic mass is 10.1. The van der Waals surface area contributed by atoms with Crippen LogP contribution in [0.3, 0.4) is 0 Å². The van der Waals surface area contributed by atoms with Crippen LogP contribution in [0, 0.1) is 20.8 Å². The maximum Gasteiger partial charge on any atom is 0.229 e. The molecule has 2 aromatic carbocycles. The van der Waals surface area contributed by atoms with Crippen molar-refractivity contribution in [1.82, 2.24) is 9.97 Å². The van der Waals surface area contributed by atoms with E-state index in [4.69, 9.17) is 11.6 Å². The minimum absolute atomic E-state index is 0.553. The third kappa shape index (κ3) is 4.28. The summed E-state index contributed by atoms with van der Waals surface area (Å²) in [6.07, 6.45) is 0. The Morgan fingerprint density at radius 1 is 0.960 bits per heavy atom. The molecule has 2 N–H and O–H groups in total. The van der Waals surface area contributed by atoms with Crippen molar-refractivity contribution >= 4 is 29.1 Å². The van der Waals surface area contributed by atoms with Gasteiger partial charge in [0.05, 0.1) is 0 Å². The summed E-state index contributed by atoms with van der Waals surface area (Å²) in [7, 11) is 0. The van der Waals surface area contributed by atoms with E-state index in [0.717, 1.165) is 34.3 Å². The van der Waals surface area contributed by atoms with E-state index in [9.17, 15) is 0 Å². The fourth-order valence-corrected chi connectivity index (χ4v) is 2.75. The molecule has 0 fully saturated rings. The van der Waals surface area contributed by atoms with Crippen molar-refractivity contribution in [2.45, 2.75) is 27.3 Å². The van der Waals surface area contributed by atoms with Gasteiger partial charge in [0.15, 0.2) is 0 Å². The van der Waals surface area contributed by atoms with Crippen LogP contribution in [0.1, 0.15) is 22.4 Å². The molecule has 5 heteroatoms. The SMILES string of the molecule is Cc1cc(NCc2ccccc2C)nc(Nc2cccc(Cl)c2C)n1. The molecule has 3 aromatic rings. The van der Waals surface area contributed by atoms with E-state index in [2.05, 4.69) is 39.7 Å². The Labute approximate surface area is 153 Å². The second-order valence-corrected chi connectivity index (χ2v) is 6.44. The monoisotopic (exact) mass is 352 g/mol. The average Bonchev–Trinajstić information content (AvgIpc) is 2.58. The Kier molecular flexibility index (Phi) is 5.19. The maximum absolute atomic E-state index is 6.18. The fourth-order valence-electron chi connectivity index (χ4n) is 2.57. The van der Waals surface area contributed by atoms with E-state index in [1.54, 1.807) is 0 Å². The normalized spacial score (nSPS) is 10.6. The summed E-state index contributed by atoms with van der Waals surface area (Å²) < 4.78 is 0. The summed E-state index contributed by atoms with van der Waals surface area (Å²) in [5, 5.41) is 7.35. The van der Waals surface area contributed by atoms with Crippen LogP contribution in [-0.4, -0.2) is 9.97 Å². The first-order valence-electron chi connectivity index (χ1n) is 8.19. The lowest BCUT2D eigenvalue weighted by Gasteiger charge is -2.12. The lowest BCUT2D eigenvalue weighted by molar-refractivity contribution is 1.05. The van der Waals surface area contributed by atoms with Crippen molar-refractivity contribution in [2.75, 3.05) is 10.6 Å². The third-order valence-electron chi connectivity index (χ3n) is 4.09. The van der Waals surface area contributed by atoms with Gasteiger partial charge in [-0.2, -0.15) is 4.98 Å². The number of aromatic nitrogens is 2. The Morgan fingerprint density at radius 3 is 2.56 bits per heavy atom. The molecule has 0 saturated heterocycles. The first-order valence-corrected chi connectivity index (χ1v) is 8.57. The van der Waals surface area contributed by atoms with Crippen molar-refractivity contribution in [3.8, 4) is 0 Å². The molecule has 0 aliphatic carbocycles. The largest absolute Gasteiger partial charge is 0.366 e. The van der Waals surface area contributed by atoms with Gasteiger partial charge in [0, 0.05) is 29.0 Å². The van der Waals surface area contributed by atoms with Gasteiger partial charge in [0.2, 0.25) is 5.95 Å². The van der Waals surface area contributed by atoms with E-state index in [1.165, 1.54) is 11.1 Å². The van der Waals surface area contributed by atoms with E-state index >= 15 is 0 Å². The molecule has 3 rings (SSSR count). The first-order chi connectivity index (χ1) is 12.0. The van der Waals surface area contributed by atoms with Crippen LogP contribution in [0.15, 0.2) is 48.5 Å². The highest BCUT2D eigenvalue weighted by atomic mass is 35.5. The summed E-state index contributed by atoms with van der Waals surface area (Å²) in [6, 6.07) is 16.0. The van der Waals surface area contributed by atoms with Gasteiger partial charge >= 0.3 is 0 Å². The number of hydrogen-bond donors (Lipinski definition) is 2. The van der Waals surface area contributed by atoms with E-state index < -0.39 is 0 Å². The quantitative estimate of drug-likeness (QED) is 0.644. The number of nitrogens with one attached hydrogen (secondary N) is 2. The summed E-state index contributed by atoms with van der Waals surface area (Å²) in [4.78, 5) is 9.04. The zero-order valence-electron chi connectivity index (χ0n) is 14.6. The van der Waals surface area contributed by atoms with Crippen molar-refractivity contribution in [2.24, 2.45) is 0 Å². The topological polar surface area (TPSA) is 49.8 Å². The Hall–Kier alpha value is -2.59. The molecular weight excluding hydrogens is 332 g/mol. The van der Waals surface area contributed by atoms with Crippen LogP contribution in [0.5, 0.6) is 0 Å². The predicted octanol–water partition coefficient (Wildman–Crippen LogP) is 5.41. The highest BCUT2D eigenvalue weighted by Crippen LogP contribution is 2.25. The number of rotatable bonds is 5. The van der Waals surface area contributed by atoms with Crippen LogP contribution < -0.4 is 10.6 Å². The van der Waals surface area contributed by atoms with Gasteiger partial charge in [-0.05, 0) is 49.6 Å². The van der Waals surface area contributed by atoms with Gasteiger partial charge in [0.25, 0.3) is 0 Å². The maximum atomic E-state index is 6.18. The molecule has 0 radical (unpaired) electrons. The lowest BCUT2D eigenvalue weighted by Crippen LogP contribution is -2.06. The van der Waals surface area contributed by atoms with Crippen molar-refractivity contribution in [3.05, 3.63) is 75.9 Å². The van der Waals surface area contributed by atoms with Gasteiger partial charge in [-0.25, -0.2) is 4.98 Å². The van der Waals surface area contributed by atoms with Crippen LogP contribution in [0.25, 0.3) is 0 Å². The molecule has 0 unspecified atom stereocenters. The second kappa shape index (κ2) is 7.53. The third-order valence-corrected chi connectivity index (χ3v) is 4.50. The number of halogens is 1. The molecule has 0 bridgehead atoms. The predicted molar refractivity (Wildman–Crippen MR) is 105 cm³/mol. The van der Waals surface area contributed by atoms with Crippen LogP contribution in [0.2, 0.25) is 5.02 Å². The summed E-state index contributed by atoms with van der Waals surface area (Å²) >= 11 is 6.18. The van der Waals surface area contributed by atoms with E-state index in [1.807, 2.05) is 50.2 Å². The molecule has 0 spiro atoms. The Morgan fingerprint density at radius 2 is 1.76 bits per heavy atom. The molecule has 1 aromatic heterocycles. The molecule has 0 saturated carbocycles. The van der Waals surface area contributed by atoms with Crippen molar-refractivity contribution < 1.29 is 0 Å². The van der Waals surface area contributed by atoms with E-state index in [0.29, 0.717) is 5.95 Å². The number of hydrogen-bond acceptors (Lipinski definition) is 4. The van der Waals surface area contributed by atoms with Gasteiger partial charge in [-0.15, -0.1) is 0 Å². The summed E-state index contributed by atoms with van der Waals surface area (Å²) in [5.41, 5.74) is 5.28. The molecule has 0 atom stereocenters. The van der Waals surface area contributed by atoms with Gasteiger partial charge < -0.3 is 10.6 Å². The molecule has 128 valence electrons. The van der Waals surface area contributed by atoms with Crippen LogP contribution in [-0.2, 0) is 6.54 Å². The second-order valence-electron chi connectivity index (χ2n) is 6.04. The average molecular weight is 353 g/mol. The molecule has 1 heterocycles. The van der Waals surface area contributed by atoms with E-state index in [-0.39, 0.29) is 0 Å². The number of benzene rings is 2. The molecule has 0 amide bonds. The standard InChI is InChI=1S/C20H21ClN4/c1-13-7-4-5-8-16(13)12-22-19-11-14(2)23-20(25-19)24-18-10-6-9-17(21)15(18)3/h4-11H,12H2,1-3H3,(H2,22,23,24,25). The van der Waals surface area contributed by atoms with Gasteiger partial charge in [-0.3, -0.25) is 0 Å². The number of aryl methyl sites for hydroxylation is 2. The van der Waals surface area contributed by atoms with Gasteiger partial charge in [-0.1, -0.05) is 41.9 Å². The Bertz CT molecular complexity index is 893. The fraction of sp³-hybridized carbons (Fsp3) is 0.200. The number of anilines is 3. The molecule has 4 nitrogen and oxygen atoms in total. The highest BCUT2D eigenvalue weighted by Gasteiger charge is 2.07. The summed E-state index contributed by atoms with van der Waals surface area (Å²) in [6.45, 7) is 6.75. The molecule has 0 aliphatic rings. The highest BCUT2D eigenvalue weighted by molar-refractivity contribution is 6.31. The summed E-state index contributed by atoms with van der Waals surface area (Å²) in [5.74, 6) is 1.34. The zero-order chi connectivity index (χ0) is 17.8. The van der Waals surface area contributed by atoms with Crippen molar-refractivity contribution in [3.63, 3.8) is 0 Å². The Balaban J connectivity index is 1.78. The van der Waals surface area contributed by atoms with Crippen LogP contribution >= 0.6 is 11.6 Å². The molecule has 25 heavy (non-hydrogen) atoms. The van der Waals surface area contributed by atoms with Gasteiger partial charge in [0.1, 0.15) is 5.82 Å². The zero-order valence-corrected chi connectivity index (χ0v) is 15.4. The minimum Gasteiger partial charge on any atom is -0.366 e. The molecule has 0 aliphatic heterocycles. The smallest absolute Gasteiger partial charge is 0.229 e. The minimum atomic E-state index is 0.553. The van der Waals surface area contributed by atoms with Crippen molar-refractivity contribution in [1.29, 1.82) is 0 Å². The number of nitrogens with zero attached hydrogens (tertiary/aromatic N) is 2. The molecular formula is C20H21ClN4. The first kappa shape index (κ1) is 17.2.